The van der Waals surface area contributed by atoms with Gasteiger partial charge < -0.3 is 0 Å². The van der Waals surface area contributed by atoms with Gasteiger partial charge in [0.15, 0.2) is 0 Å². The van der Waals surface area contributed by atoms with E-state index in [1.807, 2.05) is 18.2 Å². The monoisotopic (exact) mass is 418 g/mol. The zero-order chi connectivity index (χ0) is 10.8. The van der Waals surface area contributed by atoms with Gasteiger partial charge in [-0.15, -0.1) is 0 Å². The summed E-state index contributed by atoms with van der Waals surface area (Å²) in [4.78, 5) is 0. The van der Waals surface area contributed by atoms with Crippen LogP contribution in [0.2, 0.25) is 4.18 Å². The molecule has 0 aliphatic carbocycles. The van der Waals surface area contributed by atoms with Crippen molar-refractivity contribution in [1.29, 1.82) is 0 Å². The van der Waals surface area contributed by atoms with Crippen LogP contribution in [-0.2, 0) is 21.8 Å². The van der Waals surface area contributed by atoms with E-state index < -0.39 is 16.4 Å². The number of halogens is 3. The van der Waals surface area contributed by atoms with Gasteiger partial charge in [0, 0.05) is 0 Å². The molecule has 0 N–H and O–H groups in total. The summed E-state index contributed by atoms with van der Waals surface area (Å²) in [5.41, 5.74) is 1.22. The van der Waals surface area contributed by atoms with Gasteiger partial charge in [-0.05, 0) is 0 Å². The van der Waals surface area contributed by atoms with Crippen LogP contribution in [-0.4, -0.2) is 0 Å². The van der Waals surface area contributed by atoms with Gasteiger partial charge in [-0.25, -0.2) is 0 Å². The maximum absolute atomic E-state index is 6.02. The molecular weight excluding hydrogens is 405 g/mol. The topological polar surface area (TPSA) is 0 Å². The van der Waals surface area contributed by atoms with E-state index >= 15 is 0 Å². The number of benzene rings is 1. The van der Waals surface area contributed by atoms with Crippen LogP contribution in [0.3, 0.4) is 0 Å². The Morgan fingerprint density at radius 1 is 1.07 bits per heavy atom. The van der Waals surface area contributed by atoms with Gasteiger partial charge in [-0.2, -0.15) is 0 Å². The van der Waals surface area contributed by atoms with Crippen LogP contribution >= 0.6 is 25.7 Å². The summed E-state index contributed by atoms with van der Waals surface area (Å²) in [7, 11) is 18.1. The Morgan fingerprint density at radius 3 is 2.00 bits per heavy atom. The summed E-state index contributed by atoms with van der Waals surface area (Å²) >= 11 is -3.38. The molecule has 0 amide bonds. The molecule has 1 aromatic rings. The molecule has 0 aliphatic heterocycles. The molecule has 0 aliphatic rings. The Morgan fingerprint density at radius 2 is 1.57 bits per heavy atom. The van der Waals surface area contributed by atoms with E-state index in [0.717, 1.165) is 4.18 Å². The van der Waals surface area contributed by atoms with E-state index in [-0.39, 0.29) is 5.41 Å². The van der Waals surface area contributed by atoms with Crippen LogP contribution in [0.15, 0.2) is 30.3 Å². The van der Waals surface area contributed by atoms with Crippen molar-refractivity contribution in [3.63, 3.8) is 0 Å². The van der Waals surface area contributed by atoms with Crippen molar-refractivity contribution in [1.82, 2.24) is 0 Å². The normalized spacial score (nSPS) is 12.9. The summed E-state index contributed by atoms with van der Waals surface area (Å²) in [6.07, 6.45) is 0. The maximum atomic E-state index is 6.02. The average molecular weight is 418 g/mol. The quantitative estimate of drug-likeness (QED) is 0.607. The molecule has 0 bridgehead atoms. The molecule has 0 saturated heterocycles. The van der Waals surface area contributed by atoms with Crippen LogP contribution < -0.4 is 0 Å². The van der Waals surface area contributed by atoms with Crippen molar-refractivity contribution < 1.29 is 16.4 Å². The van der Waals surface area contributed by atoms with Crippen LogP contribution in [0.4, 0.5) is 0 Å². The van der Waals surface area contributed by atoms with E-state index in [4.69, 9.17) is 25.7 Å². The van der Waals surface area contributed by atoms with Gasteiger partial charge in [0.2, 0.25) is 0 Å². The van der Waals surface area contributed by atoms with Crippen molar-refractivity contribution in [2.75, 3.05) is 0 Å². The van der Waals surface area contributed by atoms with E-state index in [2.05, 4.69) is 26.0 Å². The third-order valence-electron chi connectivity index (χ3n) is 2.20. The van der Waals surface area contributed by atoms with Gasteiger partial charge >= 0.3 is 101 Å². The van der Waals surface area contributed by atoms with Crippen molar-refractivity contribution in [2.24, 2.45) is 0 Å². The van der Waals surface area contributed by atoms with E-state index in [0.29, 0.717) is 0 Å². The van der Waals surface area contributed by atoms with Crippen LogP contribution in [0.25, 0.3) is 0 Å². The van der Waals surface area contributed by atoms with Crippen molar-refractivity contribution in [3.05, 3.63) is 35.9 Å². The Bertz CT molecular complexity index is 290. The summed E-state index contributed by atoms with van der Waals surface area (Å²) in [6.45, 7) is 4.26. The summed E-state index contributed by atoms with van der Waals surface area (Å²) in [6, 6.07) is 10.2. The zero-order valence-electron chi connectivity index (χ0n) is 8.23. The molecule has 1 aromatic carbocycles. The number of rotatable bonds is 3. The van der Waals surface area contributed by atoms with Gasteiger partial charge in [0.1, 0.15) is 0 Å². The first-order chi connectivity index (χ1) is 6.31. The minimum atomic E-state index is -3.38. The molecule has 78 valence electrons. The second-order valence-electron chi connectivity index (χ2n) is 4.04. The molecule has 4 heteroatoms. The third kappa shape index (κ3) is 4.22. The van der Waals surface area contributed by atoms with Crippen LogP contribution in [0.5, 0.6) is 0 Å². The molecule has 0 unspecified atom stereocenters. The van der Waals surface area contributed by atoms with E-state index in [1.165, 1.54) is 5.56 Å². The van der Waals surface area contributed by atoms with Gasteiger partial charge in [0.25, 0.3) is 0 Å². The minimum absolute atomic E-state index is 0.0198. The second-order valence-corrected chi connectivity index (χ2v) is 30.3. The van der Waals surface area contributed by atoms with Gasteiger partial charge in [0.05, 0.1) is 0 Å². The van der Waals surface area contributed by atoms with Crippen molar-refractivity contribution in [2.45, 2.75) is 23.4 Å². The van der Waals surface area contributed by atoms with Gasteiger partial charge in [-0.3, -0.25) is 0 Å². The first-order valence-electron chi connectivity index (χ1n) is 4.43. The van der Waals surface area contributed by atoms with Gasteiger partial charge in [-0.1, -0.05) is 0 Å². The van der Waals surface area contributed by atoms with Crippen LogP contribution in [0, 0.1) is 0 Å². The first kappa shape index (κ1) is 13.0. The predicted octanol–water partition coefficient (Wildman–Crippen LogP) is 5.00. The average Bonchev–Trinajstić information content (AvgIpc) is 2.01. The number of hydrogen-bond acceptors (Lipinski definition) is 0. The van der Waals surface area contributed by atoms with Crippen molar-refractivity contribution in [3.8, 4) is 0 Å². The Kier molecular flexibility index (Phi) is 4.52. The Balaban J connectivity index is 2.86. The molecule has 14 heavy (non-hydrogen) atoms. The fourth-order valence-corrected chi connectivity index (χ4v) is 14.0. The van der Waals surface area contributed by atoms with Crippen LogP contribution in [0.1, 0.15) is 19.4 Å². The fourth-order valence-electron chi connectivity index (χ4n) is 1.49. The SMILES string of the molecule is CC(C)([CH2][Hf]([Cl])([Cl])[Cl])c1ccccc1. The third-order valence-corrected chi connectivity index (χ3v) is 10.1. The standard InChI is InChI=1S/C10H13.3ClH.Hf/c1-10(2,3)9-7-5-4-6-8-9;;;;/h4-8H,1H2,2-3H3;3*1H;/q;;;;+3/p-3. The second kappa shape index (κ2) is 4.86. The predicted molar refractivity (Wildman–Crippen MR) is 61.8 cm³/mol. The molecule has 0 aromatic heterocycles. The molecule has 0 fully saturated rings. The Labute approximate surface area is 101 Å². The zero-order valence-corrected chi connectivity index (χ0v) is 14.1. The fraction of sp³-hybridized carbons (Fsp3) is 0.400. The molecule has 1 rings (SSSR count). The Hall–Kier alpha value is 0.960. The molecule has 0 spiro atoms. The summed E-state index contributed by atoms with van der Waals surface area (Å²) in [5.74, 6) is 0. The van der Waals surface area contributed by atoms with E-state index in [1.54, 1.807) is 0 Å². The molecule has 0 nitrogen and oxygen atoms in total. The van der Waals surface area contributed by atoms with E-state index in [9.17, 15) is 0 Å². The molecule has 0 atom stereocenters. The molecule has 0 heterocycles. The van der Waals surface area contributed by atoms with Crippen molar-refractivity contribution >= 4 is 25.7 Å². The summed E-state index contributed by atoms with van der Waals surface area (Å²) < 4.78 is 0.731. The summed E-state index contributed by atoms with van der Waals surface area (Å²) in [5, 5.41) is 0. The number of hydrogen-bond donors (Lipinski definition) is 0. The first-order valence-corrected chi connectivity index (χ1v) is 20.3. The molecule has 0 saturated carbocycles. The molecule has 0 radical (unpaired) electrons. The molecular formula is C10H13Cl3Hf.